The van der Waals surface area contributed by atoms with E-state index in [2.05, 4.69) is 27.7 Å². The van der Waals surface area contributed by atoms with Crippen LogP contribution in [0.3, 0.4) is 0 Å². The van der Waals surface area contributed by atoms with Crippen LogP contribution in [0.25, 0.3) is 0 Å². The highest BCUT2D eigenvalue weighted by Gasteiger charge is 2.51. The highest BCUT2D eigenvalue weighted by molar-refractivity contribution is 5.01. The zero-order valence-corrected chi connectivity index (χ0v) is 12.5. The Bertz CT molecular complexity index is 242. The first-order valence-electron chi connectivity index (χ1n) is 8.13. The lowest BCUT2D eigenvalue weighted by Gasteiger charge is -2.47. The average molecular weight is 236 g/mol. The number of rotatable bonds is 4. The molecule has 0 radical (unpaired) electrons. The highest BCUT2D eigenvalue weighted by Crippen LogP contribution is 2.60. The molecule has 5 atom stereocenters. The minimum absolute atomic E-state index is 0.702. The summed E-state index contributed by atoms with van der Waals surface area (Å²) in [5, 5.41) is 0. The van der Waals surface area contributed by atoms with E-state index in [4.69, 9.17) is 0 Å². The van der Waals surface area contributed by atoms with Crippen LogP contribution < -0.4 is 0 Å². The van der Waals surface area contributed by atoms with Gasteiger partial charge in [0.25, 0.3) is 0 Å². The van der Waals surface area contributed by atoms with Crippen LogP contribution in [0.4, 0.5) is 0 Å². The number of hydrogen-bond acceptors (Lipinski definition) is 0. The van der Waals surface area contributed by atoms with Gasteiger partial charge in [0.15, 0.2) is 0 Å². The van der Waals surface area contributed by atoms with Crippen molar-refractivity contribution in [1.29, 1.82) is 0 Å². The first-order valence-corrected chi connectivity index (χ1v) is 8.13. The maximum atomic E-state index is 2.64. The Balaban J connectivity index is 2.13. The molecule has 0 nitrogen and oxygen atoms in total. The molecule has 0 heteroatoms. The predicted molar refractivity (Wildman–Crippen MR) is 76.0 cm³/mol. The van der Waals surface area contributed by atoms with Gasteiger partial charge in [0, 0.05) is 0 Å². The van der Waals surface area contributed by atoms with Crippen molar-refractivity contribution in [2.24, 2.45) is 29.1 Å². The summed E-state index contributed by atoms with van der Waals surface area (Å²) < 4.78 is 0. The molecule has 2 unspecified atom stereocenters. The summed E-state index contributed by atoms with van der Waals surface area (Å²) >= 11 is 0. The van der Waals surface area contributed by atoms with Crippen LogP contribution in [0.15, 0.2) is 0 Å². The fourth-order valence-electron chi connectivity index (χ4n) is 5.32. The Hall–Kier alpha value is 0. The molecule has 0 aromatic carbocycles. The van der Waals surface area contributed by atoms with E-state index in [1.807, 2.05) is 0 Å². The first kappa shape index (κ1) is 13.4. The number of fused-ring (bicyclic) bond motifs is 1. The van der Waals surface area contributed by atoms with E-state index in [0.717, 1.165) is 23.7 Å². The van der Waals surface area contributed by atoms with Gasteiger partial charge in [-0.1, -0.05) is 59.8 Å². The minimum atomic E-state index is 0.702. The van der Waals surface area contributed by atoms with Crippen molar-refractivity contribution in [3.63, 3.8) is 0 Å². The summed E-state index contributed by atoms with van der Waals surface area (Å²) in [6.45, 7) is 9.89. The molecular weight excluding hydrogens is 204 g/mol. The van der Waals surface area contributed by atoms with Gasteiger partial charge in [-0.15, -0.1) is 0 Å². The molecule has 0 N–H and O–H groups in total. The molecule has 100 valence electrons. The van der Waals surface area contributed by atoms with Gasteiger partial charge in [0.2, 0.25) is 0 Å². The van der Waals surface area contributed by atoms with E-state index in [1.54, 1.807) is 0 Å². The smallest absolute Gasteiger partial charge is 0.0264 e. The lowest BCUT2D eigenvalue weighted by molar-refractivity contribution is 0.0266. The molecule has 0 aromatic heterocycles. The van der Waals surface area contributed by atoms with Gasteiger partial charge in [-0.3, -0.25) is 0 Å². The second-order valence-electron chi connectivity index (χ2n) is 7.12. The van der Waals surface area contributed by atoms with Gasteiger partial charge in [0.05, 0.1) is 0 Å². The molecule has 0 bridgehead atoms. The molecular formula is C17H32. The Morgan fingerprint density at radius 3 is 2.59 bits per heavy atom. The van der Waals surface area contributed by atoms with Gasteiger partial charge in [-0.2, -0.15) is 0 Å². The summed E-state index contributed by atoms with van der Waals surface area (Å²) in [6.07, 6.45) is 11.9. The predicted octanol–water partition coefficient (Wildman–Crippen LogP) is 5.67. The second kappa shape index (κ2) is 5.33. The van der Waals surface area contributed by atoms with Crippen molar-refractivity contribution in [2.75, 3.05) is 0 Å². The number of hydrogen-bond donors (Lipinski definition) is 0. The van der Waals surface area contributed by atoms with Gasteiger partial charge in [-0.25, -0.2) is 0 Å². The van der Waals surface area contributed by atoms with Crippen LogP contribution in [-0.4, -0.2) is 0 Å². The normalized spacial score (nSPS) is 43.4. The van der Waals surface area contributed by atoms with Crippen LogP contribution in [0, 0.1) is 29.1 Å². The monoisotopic (exact) mass is 236 g/mol. The van der Waals surface area contributed by atoms with E-state index >= 15 is 0 Å². The van der Waals surface area contributed by atoms with E-state index in [-0.39, 0.29) is 0 Å². The SMILES string of the molecule is CCC[C@@H]1CCC[C@@]2(C)C1CCC2[C@H](C)CC. The molecule has 0 aliphatic heterocycles. The Morgan fingerprint density at radius 1 is 1.18 bits per heavy atom. The van der Waals surface area contributed by atoms with Crippen LogP contribution >= 0.6 is 0 Å². The Labute approximate surface area is 109 Å². The Kier molecular flexibility index (Phi) is 4.21. The Morgan fingerprint density at radius 2 is 1.94 bits per heavy atom. The van der Waals surface area contributed by atoms with Gasteiger partial charge >= 0.3 is 0 Å². The molecule has 0 saturated heterocycles. The van der Waals surface area contributed by atoms with Crippen molar-refractivity contribution in [2.45, 2.75) is 79.1 Å². The topological polar surface area (TPSA) is 0 Å². The lowest BCUT2D eigenvalue weighted by atomic mass is 9.58. The van der Waals surface area contributed by atoms with Crippen LogP contribution in [0.2, 0.25) is 0 Å². The van der Waals surface area contributed by atoms with Crippen molar-refractivity contribution in [1.82, 2.24) is 0 Å². The molecule has 2 aliphatic carbocycles. The van der Waals surface area contributed by atoms with Crippen molar-refractivity contribution in [3.05, 3.63) is 0 Å². The van der Waals surface area contributed by atoms with Gasteiger partial charge < -0.3 is 0 Å². The molecule has 2 saturated carbocycles. The standard InChI is InChI=1S/C17H32/c1-5-8-14-9-7-12-17(4)15(13(3)6-2)10-11-16(14)17/h13-16H,5-12H2,1-4H3/t13-,14-,15?,16?,17-/m1/s1. The van der Waals surface area contributed by atoms with E-state index in [9.17, 15) is 0 Å². The third-order valence-corrected chi connectivity index (χ3v) is 6.33. The maximum absolute atomic E-state index is 2.64. The molecule has 2 aliphatic rings. The largest absolute Gasteiger partial charge is 0.0654 e. The summed E-state index contributed by atoms with van der Waals surface area (Å²) in [7, 11) is 0. The molecule has 0 aromatic rings. The quantitative estimate of drug-likeness (QED) is 0.590. The molecule has 2 rings (SSSR count). The third kappa shape index (κ3) is 2.29. The molecule has 0 spiro atoms. The van der Waals surface area contributed by atoms with Gasteiger partial charge in [0.1, 0.15) is 0 Å². The fourth-order valence-corrected chi connectivity index (χ4v) is 5.32. The van der Waals surface area contributed by atoms with Crippen molar-refractivity contribution < 1.29 is 0 Å². The maximum Gasteiger partial charge on any atom is -0.0264 e. The minimum Gasteiger partial charge on any atom is -0.0654 e. The first-order chi connectivity index (χ1) is 8.13. The fraction of sp³-hybridized carbons (Fsp3) is 1.00. The molecule has 0 amide bonds. The van der Waals surface area contributed by atoms with Crippen LogP contribution in [0.5, 0.6) is 0 Å². The second-order valence-corrected chi connectivity index (χ2v) is 7.12. The third-order valence-electron chi connectivity index (χ3n) is 6.33. The summed E-state index contributed by atoms with van der Waals surface area (Å²) in [6, 6.07) is 0. The molecule has 0 heterocycles. The van der Waals surface area contributed by atoms with Crippen molar-refractivity contribution >= 4 is 0 Å². The molecule has 2 fully saturated rings. The zero-order chi connectivity index (χ0) is 12.5. The van der Waals surface area contributed by atoms with Gasteiger partial charge in [-0.05, 0) is 48.3 Å². The van der Waals surface area contributed by atoms with E-state index in [1.165, 1.54) is 51.4 Å². The summed E-state index contributed by atoms with van der Waals surface area (Å²) in [5.41, 5.74) is 0.702. The highest BCUT2D eigenvalue weighted by atomic mass is 14.6. The van der Waals surface area contributed by atoms with E-state index < -0.39 is 0 Å². The average Bonchev–Trinajstić information content (AvgIpc) is 2.67. The summed E-state index contributed by atoms with van der Waals surface area (Å²) in [4.78, 5) is 0. The molecule has 17 heavy (non-hydrogen) atoms. The van der Waals surface area contributed by atoms with Crippen LogP contribution in [0.1, 0.15) is 79.1 Å². The van der Waals surface area contributed by atoms with Crippen LogP contribution in [-0.2, 0) is 0 Å². The zero-order valence-electron chi connectivity index (χ0n) is 12.5. The lowest BCUT2D eigenvalue weighted by Crippen LogP contribution is -2.39. The van der Waals surface area contributed by atoms with E-state index in [0.29, 0.717) is 5.41 Å². The van der Waals surface area contributed by atoms with Crippen molar-refractivity contribution in [3.8, 4) is 0 Å². The summed E-state index contributed by atoms with van der Waals surface area (Å²) in [5.74, 6) is 4.10.